The first-order valence-corrected chi connectivity index (χ1v) is 8.53. The van der Waals surface area contributed by atoms with E-state index in [1.807, 2.05) is 23.9 Å². The van der Waals surface area contributed by atoms with Gasteiger partial charge in [0.25, 0.3) is 5.89 Å². The van der Waals surface area contributed by atoms with Crippen LogP contribution in [-0.4, -0.2) is 47.0 Å². The van der Waals surface area contributed by atoms with Crippen LogP contribution in [0.3, 0.4) is 0 Å². The van der Waals surface area contributed by atoms with E-state index in [1.165, 1.54) is 4.90 Å². The molecule has 2 aromatic rings. The highest BCUT2D eigenvalue weighted by molar-refractivity contribution is 7.99. The van der Waals surface area contributed by atoms with Gasteiger partial charge in [0.1, 0.15) is 0 Å². The van der Waals surface area contributed by atoms with Crippen molar-refractivity contribution in [3.05, 3.63) is 30.1 Å². The SMILES string of the molecule is CC(C)Sc1ccc(-c2nc(C3CNCCN3C)no2)cc1. The van der Waals surface area contributed by atoms with Gasteiger partial charge in [-0.1, -0.05) is 19.0 Å². The molecule has 1 atom stereocenters. The Kier molecular flexibility index (Phi) is 4.81. The summed E-state index contributed by atoms with van der Waals surface area (Å²) >= 11 is 1.85. The lowest BCUT2D eigenvalue weighted by atomic mass is 10.2. The van der Waals surface area contributed by atoms with Crippen LogP contribution in [0, 0.1) is 0 Å². The van der Waals surface area contributed by atoms with E-state index in [4.69, 9.17) is 4.52 Å². The van der Waals surface area contributed by atoms with E-state index in [-0.39, 0.29) is 6.04 Å². The van der Waals surface area contributed by atoms with Crippen molar-refractivity contribution < 1.29 is 4.52 Å². The Balaban J connectivity index is 1.75. The number of aromatic nitrogens is 2. The summed E-state index contributed by atoms with van der Waals surface area (Å²) in [5.74, 6) is 1.35. The summed E-state index contributed by atoms with van der Waals surface area (Å²) < 4.78 is 5.45. The molecule has 0 radical (unpaired) electrons. The molecular weight excluding hydrogens is 296 g/mol. The van der Waals surface area contributed by atoms with Gasteiger partial charge in [-0.15, -0.1) is 11.8 Å². The van der Waals surface area contributed by atoms with Gasteiger partial charge in [0, 0.05) is 35.3 Å². The third-order valence-electron chi connectivity index (χ3n) is 3.72. The molecule has 0 saturated carbocycles. The number of thioether (sulfide) groups is 1. The van der Waals surface area contributed by atoms with E-state index >= 15 is 0 Å². The molecule has 5 nitrogen and oxygen atoms in total. The molecule has 1 N–H and O–H groups in total. The van der Waals surface area contributed by atoms with E-state index in [0.29, 0.717) is 11.1 Å². The van der Waals surface area contributed by atoms with Gasteiger partial charge in [0.15, 0.2) is 5.82 Å². The lowest BCUT2D eigenvalue weighted by molar-refractivity contribution is 0.190. The average Bonchev–Trinajstić information content (AvgIpc) is 2.97. The smallest absolute Gasteiger partial charge is 0.257 e. The van der Waals surface area contributed by atoms with Gasteiger partial charge in [-0.2, -0.15) is 4.98 Å². The highest BCUT2D eigenvalue weighted by Gasteiger charge is 2.25. The molecule has 1 aliphatic rings. The highest BCUT2D eigenvalue weighted by atomic mass is 32.2. The van der Waals surface area contributed by atoms with Gasteiger partial charge < -0.3 is 9.84 Å². The van der Waals surface area contributed by atoms with Crippen molar-refractivity contribution in [1.82, 2.24) is 20.4 Å². The lowest BCUT2D eigenvalue weighted by Crippen LogP contribution is -2.44. The van der Waals surface area contributed by atoms with Crippen LogP contribution in [0.2, 0.25) is 0 Å². The van der Waals surface area contributed by atoms with Crippen LogP contribution in [0.5, 0.6) is 0 Å². The Labute approximate surface area is 135 Å². The van der Waals surface area contributed by atoms with Gasteiger partial charge in [0.05, 0.1) is 6.04 Å². The van der Waals surface area contributed by atoms with Gasteiger partial charge in [-0.3, -0.25) is 4.90 Å². The van der Waals surface area contributed by atoms with Crippen molar-refractivity contribution in [2.24, 2.45) is 0 Å². The van der Waals surface area contributed by atoms with Gasteiger partial charge in [-0.05, 0) is 31.3 Å². The first-order chi connectivity index (χ1) is 10.6. The summed E-state index contributed by atoms with van der Waals surface area (Å²) in [5.41, 5.74) is 0.971. The first-order valence-electron chi connectivity index (χ1n) is 7.65. The van der Waals surface area contributed by atoms with Crippen LogP contribution in [-0.2, 0) is 0 Å². The van der Waals surface area contributed by atoms with E-state index in [2.05, 4.69) is 53.4 Å². The molecule has 22 heavy (non-hydrogen) atoms. The second-order valence-electron chi connectivity index (χ2n) is 5.85. The third kappa shape index (κ3) is 3.51. The molecular formula is C16H22N4OS. The maximum absolute atomic E-state index is 5.45. The van der Waals surface area contributed by atoms with E-state index in [9.17, 15) is 0 Å². The van der Waals surface area contributed by atoms with E-state index in [1.54, 1.807) is 0 Å². The molecule has 0 bridgehead atoms. The fraction of sp³-hybridized carbons (Fsp3) is 0.500. The summed E-state index contributed by atoms with van der Waals surface area (Å²) in [4.78, 5) is 8.10. The molecule has 1 saturated heterocycles. The summed E-state index contributed by atoms with van der Waals surface area (Å²) in [6.45, 7) is 7.25. The summed E-state index contributed by atoms with van der Waals surface area (Å²) in [6.07, 6.45) is 0. The summed E-state index contributed by atoms with van der Waals surface area (Å²) in [6, 6.07) is 8.49. The van der Waals surface area contributed by atoms with Crippen molar-refractivity contribution in [3.8, 4) is 11.5 Å². The van der Waals surface area contributed by atoms with Crippen molar-refractivity contribution >= 4 is 11.8 Å². The molecule has 1 unspecified atom stereocenters. The molecule has 3 rings (SSSR count). The maximum Gasteiger partial charge on any atom is 0.257 e. The molecule has 1 aromatic heterocycles. The Hall–Kier alpha value is -1.37. The number of nitrogens with zero attached hydrogens (tertiary/aromatic N) is 3. The van der Waals surface area contributed by atoms with Crippen LogP contribution in [0.25, 0.3) is 11.5 Å². The minimum Gasteiger partial charge on any atom is -0.334 e. The predicted octanol–water partition coefficient (Wildman–Crippen LogP) is 2.81. The Bertz CT molecular complexity index is 611. The van der Waals surface area contributed by atoms with E-state index < -0.39 is 0 Å². The summed E-state index contributed by atoms with van der Waals surface area (Å²) in [7, 11) is 2.10. The minimum absolute atomic E-state index is 0.182. The number of piperazine rings is 1. The molecule has 1 fully saturated rings. The standard InChI is InChI=1S/C16H22N4OS/c1-11(2)22-13-6-4-12(5-7-13)16-18-15(19-21-16)14-10-17-8-9-20(14)3/h4-7,11,14,17H,8-10H2,1-3H3. The molecule has 118 valence electrons. The van der Waals surface area contributed by atoms with Crippen LogP contribution < -0.4 is 5.32 Å². The zero-order valence-corrected chi connectivity index (χ0v) is 14.1. The van der Waals surface area contributed by atoms with Crippen molar-refractivity contribution in [2.75, 3.05) is 26.7 Å². The number of hydrogen-bond donors (Lipinski definition) is 1. The quantitative estimate of drug-likeness (QED) is 0.875. The number of rotatable bonds is 4. The monoisotopic (exact) mass is 318 g/mol. The van der Waals surface area contributed by atoms with Gasteiger partial charge in [0.2, 0.25) is 0 Å². The molecule has 6 heteroatoms. The predicted molar refractivity (Wildman–Crippen MR) is 89.0 cm³/mol. The Morgan fingerprint density at radius 3 is 2.77 bits per heavy atom. The average molecular weight is 318 g/mol. The first kappa shape index (κ1) is 15.5. The fourth-order valence-corrected chi connectivity index (χ4v) is 3.37. The largest absolute Gasteiger partial charge is 0.334 e. The molecule has 0 spiro atoms. The van der Waals surface area contributed by atoms with Crippen molar-refractivity contribution in [3.63, 3.8) is 0 Å². The number of hydrogen-bond acceptors (Lipinski definition) is 6. The van der Waals surface area contributed by atoms with Crippen LogP contribution in [0.15, 0.2) is 33.7 Å². The fourth-order valence-electron chi connectivity index (χ4n) is 2.53. The molecule has 0 amide bonds. The Morgan fingerprint density at radius 2 is 2.09 bits per heavy atom. The van der Waals surface area contributed by atoms with Gasteiger partial charge >= 0.3 is 0 Å². The highest BCUT2D eigenvalue weighted by Crippen LogP contribution is 2.27. The minimum atomic E-state index is 0.182. The van der Waals surface area contributed by atoms with E-state index in [0.717, 1.165) is 31.0 Å². The van der Waals surface area contributed by atoms with Crippen LogP contribution >= 0.6 is 11.8 Å². The normalized spacial score (nSPS) is 19.7. The topological polar surface area (TPSA) is 54.2 Å². The number of nitrogens with one attached hydrogen (secondary N) is 1. The van der Waals surface area contributed by atoms with Gasteiger partial charge in [-0.25, -0.2) is 0 Å². The molecule has 1 aliphatic heterocycles. The lowest BCUT2D eigenvalue weighted by Gasteiger charge is -2.30. The van der Waals surface area contributed by atoms with Crippen LogP contribution in [0.1, 0.15) is 25.7 Å². The molecule has 0 aliphatic carbocycles. The second kappa shape index (κ2) is 6.81. The molecule has 1 aromatic carbocycles. The third-order valence-corrected chi connectivity index (χ3v) is 4.74. The Morgan fingerprint density at radius 1 is 1.32 bits per heavy atom. The van der Waals surface area contributed by atoms with Crippen LogP contribution in [0.4, 0.5) is 0 Å². The second-order valence-corrected chi connectivity index (χ2v) is 7.50. The van der Waals surface area contributed by atoms with Crippen molar-refractivity contribution in [2.45, 2.75) is 30.0 Å². The molecule has 2 heterocycles. The van der Waals surface area contributed by atoms with Crippen molar-refractivity contribution in [1.29, 1.82) is 0 Å². The number of benzene rings is 1. The zero-order valence-electron chi connectivity index (χ0n) is 13.2. The zero-order chi connectivity index (χ0) is 15.5. The summed E-state index contributed by atoms with van der Waals surface area (Å²) in [5, 5.41) is 8.12. The number of likely N-dealkylation sites (N-methyl/N-ethyl adjacent to an activating group) is 1. The maximum atomic E-state index is 5.45.